The summed E-state index contributed by atoms with van der Waals surface area (Å²) in [5.74, 6) is -1.27. The molecule has 19 heavy (non-hydrogen) atoms. The van der Waals surface area contributed by atoms with Gasteiger partial charge in [0.15, 0.2) is 0 Å². The summed E-state index contributed by atoms with van der Waals surface area (Å²) < 4.78 is 0. The summed E-state index contributed by atoms with van der Waals surface area (Å²) in [6.45, 7) is 1.86. The number of amides is 1. The van der Waals surface area contributed by atoms with Crippen molar-refractivity contribution >= 4 is 11.9 Å². The smallest absolute Gasteiger partial charge is 0.326 e. The summed E-state index contributed by atoms with van der Waals surface area (Å²) in [4.78, 5) is 26.5. The van der Waals surface area contributed by atoms with Gasteiger partial charge in [0, 0.05) is 32.1 Å². The van der Waals surface area contributed by atoms with E-state index in [2.05, 4.69) is 0 Å². The molecule has 1 amide bonds. The fourth-order valence-corrected chi connectivity index (χ4v) is 2.72. The van der Waals surface area contributed by atoms with Crippen molar-refractivity contribution in [2.45, 2.75) is 37.5 Å². The molecule has 2 fully saturated rings. The summed E-state index contributed by atoms with van der Waals surface area (Å²) in [5, 5.41) is 18.6. The second kappa shape index (κ2) is 5.85. The van der Waals surface area contributed by atoms with Gasteiger partial charge in [-0.2, -0.15) is 0 Å². The number of nitrogens with zero attached hydrogens (tertiary/aromatic N) is 2. The molecule has 0 saturated carbocycles. The average Bonchev–Trinajstić information content (AvgIpc) is 2.74. The van der Waals surface area contributed by atoms with Crippen molar-refractivity contribution in [1.29, 1.82) is 0 Å². The van der Waals surface area contributed by atoms with Crippen LogP contribution in [0.1, 0.15) is 19.3 Å². The first kappa shape index (κ1) is 14.2. The molecule has 0 spiro atoms. The zero-order chi connectivity index (χ0) is 14.0. The molecule has 0 aliphatic carbocycles. The van der Waals surface area contributed by atoms with Crippen LogP contribution in [-0.4, -0.2) is 76.3 Å². The van der Waals surface area contributed by atoms with Crippen LogP contribution in [0.15, 0.2) is 0 Å². The van der Waals surface area contributed by atoms with E-state index in [1.807, 2.05) is 4.90 Å². The molecule has 0 aromatic heterocycles. The Bertz CT molecular complexity index is 355. The minimum absolute atomic E-state index is 0.114. The fourth-order valence-electron chi connectivity index (χ4n) is 2.72. The van der Waals surface area contributed by atoms with E-state index in [4.69, 9.17) is 10.8 Å². The van der Waals surface area contributed by atoms with Gasteiger partial charge in [-0.1, -0.05) is 0 Å². The van der Waals surface area contributed by atoms with Crippen LogP contribution in [-0.2, 0) is 9.59 Å². The van der Waals surface area contributed by atoms with Crippen molar-refractivity contribution in [3.8, 4) is 0 Å². The van der Waals surface area contributed by atoms with Crippen molar-refractivity contribution in [2.24, 2.45) is 5.73 Å². The Balaban J connectivity index is 1.90. The largest absolute Gasteiger partial charge is 0.480 e. The van der Waals surface area contributed by atoms with E-state index in [-0.39, 0.29) is 31.5 Å². The molecular weight excluding hydrogens is 250 g/mol. The number of likely N-dealkylation sites (tertiary alicyclic amines) is 2. The molecule has 0 aromatic rings. The lowest BCUT2D eigenvalue weighted by molar-refractivity contribution is -0.148. The highest BCUT2D eigenvalue weighted by molar-refractivity contribution is 5.85. The van der Waals surface area contributed by atoms with Crippen LogP contribution in [0.2, 0.25) is 0 Å². The number of carboxylic acid groups (broad SMARTS) is 1. The number of rotatable bonds is 3. The molecule has 2 aliphatic rings. The number of hydrogen-bond donors (Lipinski definition) is 3. The summed E-state index contributed by atoms with van der Waals surface area (Å²) >= 11 is 0. The summed E-state index contributed by atoms with van der Waals surface area (Å²) in [5.41, 5.74) is 5.80. The molecule has 0 aromatic carbocycles. The second-order valence-electron chi connectivity index (χ2n) is 5.40. The Morgan fingerprint density at radius 2 is 1.89 bits per heavy atom. The second-order valence-corrected chi connectivity index (χ2v) is 5.40. The number of carbonyl (C=O) groups excluding carboxylic acids is 1. The molecule has 2 heterocycles. The Labute approximate surface area is 112 Å². The molecule has 108 valence electrons. The van der Waals surface area contributed by atoms with Crippen LogP contribution in [0.4, 0.5) is 0 Å². The van der Waals surface area contributed by atoms with Crippen LogP contribution in [0.5, 0.6) is 0 Å². The average molecular weight is 271 g/mol. The zero-order valence-corrected chi connectivity index (χ0v) is 10.9. The number of nitrogens with two attached hydrogens (primary N) is 1. The first-order valence-electron chi connectivity index (χ1n) is 6.65. The van der Waals surface area contributed by atoms with E-state index in [0.29, 0.717) is 0 Å². The van der Waals surface area contributed by atoms with Crippen molar-refractivity contribution in [2.75, 3.05) is 26.2 Å². The molecule has 0 bridgehead atoms. The number of aliphatic carboxylic acids is 1. The van der Waals surface area contributed by atoms with Crippen LogP contribution in [0.25, 0.3) is 0 Å². The van der Waals surface area contributed by atoms with Gasteiger partial charge in [0.25, 0.3) is 0 Å². The molecule has 2 aliphatic heterocycles. The summed E-state index contributed by atoms with van der Waals surface area (Å²) in [6, 6.07) is -0.693. The molecule has 7 nitrogen and oxygen atoms in total. The molecule has 2 saturated heterocycles. The number of β-amino-alcohol motifs (C(OH)–C–C–N with tert-alkyl or cyclic N) is 1. The van der Waals surface area contributed by atoms with E-state index in [1.165, 1.54) is 4.90 Å². The zero-order valence-electron chi connectivity index (χ0n) is 10.9. The lowest BCUT2D eigenvalue weighted by Crippen LogP contribution is -2.48. The van der Waals surface area contributed by atoms with Crippen LogP contribution in [0, 0.1) is 0 Å². The Hall–Kier alpha value is -1.18. The van der Waals surface area contributed by atoms with Crippen molar-refractivity contribution in [3.05, 3.63) is 0 Å². The first-order chi connectivity index (χ1) is 8.97. The van der Waals surface area contributed by atoms with Gasteiger partial charge in [0.05, 0.1) is 12.6 Å². The highest BCUT2D eigenvalue weighted by Crippen LogP contribution is 2.19. The highest BCUT2D eigenvalue weighted by Gasteiger charge is 2.39. The highest BCUT2D eigenvalue weighted by atomic mass is 16.4. The third-order valence-corrected chi connectivity index (χ3v) is 3.88. The molecule has 2 rings (SSSR count). The van der Waals surface area contributed by atoms with Gasteiger partial charge in [-0.05, 0) is 12.8 Å². The predicted molar refractivity (Wildman–Crippen MR) is 67.4 cm³/mol. The van der Waals surface area contributed by atoms with Gasteiger partial charge < -0.3 is 20.8 Å². The maximum Gasteiger partial charge on any atom is 0.326 e. The lowest BCUT2D eigenvalue weighted by atomic mass is 10.1. The quantitative estimate of drug-likeness (QED) is 0.574. The third kappa shape index (κ3) is 3.43. The van der Waals surface area contributed by atoms with E-state index in [1.54, 1.807) is 0 Å². The number of aliphatic hydroxyl groups is 1. The number of carboxylic acids is 1. The van der Waals surface area contributed by atoms with Crippen molar-refractivity contribution in [1.82, 2.24) is 9.80 Å². The van der Waals surface area contributed by atoms with E-state index in [0.717, 1.165) is 25.9 Å². The van der Waals surface area contributed by atoms with Gasteiger partial charge >= 0.3 is 5.97 Å². The van der Waals surface area contributed by atoms with Gasteiger partial charge in [-0.15, -0.1) is 0 Å². The Morgan fingerprint density at radius 1 is 1.26 bits per heavy atom. The molecule has 2 atom stereocenters. The molecule has 0 radical (unpaired) electrons. The standard InChI is InChI=1S/C12H21N3O4/c13-8-1-3-14(4-2-8)7-11(17)15-6-9(16)5-10(15)12(18)19/h8-10,16H,1-7,13H2,(H,18,19)/t9?,10-/m0/s1. The number of aliphatic hydroxyl groups excluding tert-OH is 1. The topological polar surface area (TPSA) is 107 Å². The summed E-state index contributed by atoms with van der Waals surface area (Å²) in [6.07, 6.45) is 1.10. The van der Waals surface area contributed by atoms with E-state index < -0.39 is 18.1 Å². The lowest BCUT2D eigenvalue weighted by Gasteiger charge is -2.31. The van der Waals surface area contributed by atoms with E-state index >= 15 is 0 Å². The maximum atomic E-state index is 12.1. The minimum Gasteiger partial charge on any atom is -0.480 e. The maximum absolute atomic E-state index is 12.1. The first-order valence-corrected chi connectivity index (χ1v) is 6.65. The molecule has 4 N–H and O–H groups in total. The molecular formula is C12H21N3O4. The van der Waals surface area contributed by atoms with Gasteiger partial charge in [-0.25, -0.2) is 4.79 Å². The van der Waals surface area contributed by atoms with Crippen LogP contribution in [0.3, 0.4) is 0 Å². The van der Waals surface area contributed by atoms with Gasteiger partial charge in [0.1, 0.15) is 6.04 Å². The molecule has 1 unspecified atom stereocenters. The van der Waals surface area contributed by atoms with Gasteiger partial charge in [-0.3, -0.25) is 9.69 Å². The molecule has 7 heteroatoms. The van der Waals surface area contributed by atoms with Crippen molar-refractivity contribution in [3.63, 3.8) is 0 Å². The Kier molecular flexibility index (Phi) is 4.38. The van der Waals surface area contributed by atoms with Crippen LogP contribution < -0.4 is 5.73 Å². The van der Waals surface area contributed by atoms with Gasteiger partial charge in [0.2, 0.25) is 5.91 Å². The van der Waals surface area contributed by atoms with Crippen molar-refractivity contribution < 1.29 is 19.8 Å². The number of piperidine rings is 1. The monoisotopic (exact) mass is 271 g/mol. The number of hydrogen-bond acceptors (Lipinski definition) is 5. The minimum atomic E-state index is -1.05. The number of carbonyl (C=O) groups is 2. The SMILES string of the molecule is NC1CCN(CC(=O)N2CC(O)C[C@H]2C(=O)O)CC1. The summed E-state index contributed by atoms with van der Waals surface area (Å²) in [7, 11) is 0. The normalized spacial score (nSPS) is 29.7. The fraction of sp³-hybridized carbons (Fsp3) is 0.833. The van der Waals surface area contributed by atoms with E-state index in [9.17, 15) is 14.7 Å². The van der Waals surface area contributed by atoms with Crippen LogP contribution >= 0.6 is 0 Å². The third-order valence-electron chi connectivity index (χ3n) is 3.88. The Morgan fingerprint density at radius 3 is 2.47 bits per heavy atom. The predicted octanol–water partition coefficient (Wildman–Crippen LogP) is -1.54.